The number of halogens is 1. The molecule has 0 radical (unpaired) electrons. The van der Waals surface area contributed by atoms with Crippen LogP contribution < -0.4 is 10.5 Å². The number of methoxy groups -OCH3 is 1. The molecule has 1 aromatic carbocycles. The van der Waals surface area contributed by atoms with Crippen molar-refractivity contribution in [3.8, 4) is 5.75 Å². The largest absolute Gasteiger partial charge is 0.492 e. The van der Waals surface area contributed by atoms with Crippen molar-refractivity contribution < 1.29 is 22.7 Å². The van der Waals surface area contributed by atoms with Crippen molar-refractivity contribution in [3.63, 3.8) is 0 Å². The van der Waals surface area contributed by atoms with Crippen LogP contribution in [0, 0.1) is 5.82 Å². The lowest BCUT2D eigenvalue weighted by Gasteiger charge is -2.21. The number of ether oxygens (including phenoxy) is 1. The molecule has 1 saturated carbocycles. The highest BCUT2D eigenvalue weighted by atomic mass is 32.2. The monoisotopic (exact) mass is 304 g/mol. The van der Waals surface area contributed by atoms with Gasteiger partial charge in [-0.15, -0.1) is 0 Å². The van der Waals surface area contributed by atoms with Crippen LogP contribution in [0.25, 0.3) is 0 Å². The number of aliphatic hydroxyl groups is 1. The zero-order valence-corrected chi connectivity index (χ0v) is 11.9. The highest BCUT2D eigenvalue weighted by Gasteiger charge is 2.38. The van der Waals surface area contributed by atoms with Crippen molar-refractivity contribution in [2.45, 2.75) is 23.8 Å². The van der Waals surface area contributed by atoms with Crippen LogP contribution in [0.2, 0.25) is 0 Å². The normalized spacial score (nSPS) is 15.6. The third kappa shape index (κ3) is 2.72. The van der Waals surface area contributed by atoms with Crippen LogP contribution in [-0.4, -0.2) is 44.1 Å². The molecule has 0 spiro atoms. The van der Waals surface area contributed by atoms with E-state index in [1.807, 2.05) is 0 Å². The fraction of sp³-hybridized carbons (Fsp3) is 0.500. The number of rotatable bonds is 6. The Kier molecular flexibility index (Phi) is 4.17. The topological polar surface area (TPSA) is 92.9 Å². The van der Waals surface area contributed by atoms with Gasteiger partial charge in [0.15, 0.2) is 11.6 Å². The summed E-state index contributed by atoms with van der Waals surface area (Å²) in [7, 11) is -2.62. The van der Waals surface area contributed by atoms with Gasteiger partial charge in [0.25, 0.3) is 0 Å². The number of hydrogen-bond donors (Lipinski definition) is 2. The number of nitrogens with two attached hydrogens (primary N) is 1. The molecular weight excluding hydrogens is 287 g/mol. The van der Waals surface area contributed by atoms with E-state index in [-0.39, 0.29) is 35.5 Å². The number of nitrogen functional groups attached to an aromatic ring is 1. The Hall–Kier alpha value is -1.38. The molecule has 0 atom stereocenters. The summed E-state index contributed by atoms with van der Waals surface area (Å²) in [5.74, 6) is -1.00. The van der Waals surface area contributed by atoms with E-state index in [2.05, 4.69) is 0 Å². The van der Waals surface area contributed by atoms with E-state index in [1.54, 1.807) is 0 Å². The van der Waals surface area contributed by atoms with Crippen LogP contribution >= 0.6 is 0 Å². The smallest absolute Gasteiger partial charge is 0.243 e. The first-order valence-electron chi connectivity index (χ1n) is 6.17. The van der Waals surface area contributed by atoms with Crippen LogP contribution in [-0.2, 0) is 10.0 Å². The van der Waals surface area contributed by atoms with Gasteiger partial charge in [0.2, 0.25) is 10.0 Å². The lowest BCUT2D eigenvalue weighted by Crippen LogP contribution is -2.35. The van der Waals surface area contributed by atoms with Gasteiger partial charge < -0.3 is 15.6 Å². The average molecular weight is 304 g/mol. The average Bonchev–Trinajstić information content (AvgIpc) is 3.19. The predicted molar refractivity (Wildman–Crippen MR) is 71.4 cm³/mol. The van der Waals surface area contributed by atoms with Crippen LogP contribution in [0.3, 0.4) is 0 Å². The molecule has 0 aliphatic heterocycles. The second-order valence-electron chi connectivity index (χ2n) is 4.60. The van der Waals surface area contributed by atoms with E-state index >= 15 is 0 Å². The second kappa shape index (κ2) is 5.55. The molecule has 2 rings (SSSR count). The lowest BCUT2D eigenvalue weighted by molar-refractivity contribution is 0.250. The molecule has 1 aliphatic carbocycles. The summed E-state index contributed by atoms with van der Waals surface area (Å²) in [6.45, 7) is -0.301. The molecule has 0 unspecified atom stereocenters. The van der Waals surface area contributed by atoms with E-state index in [4.69, 9.17) is 15.6 Å². The molecule has 0 bridgehead atoms. The van der Waals surface area contributed by atoms with Crippen molar-refractivity contribution in [2.75, 3.05) is 26.0 Å². The Balaban J connectivity index is 2.43. The fourth-order valence-corrected chi connectivity index (χ4v) is 3.77. The van der Waals surface area contributed by atoms with E-state index < -0.39 is 15.8 Å². The van der Waals surface area contributed by atoms with Gasteiger partial charge in [0.1, 0.15) is 0 Å². The standard InChI is InChI=1S/C12H17FN2O4S/c1-19-12-10(13)6-9(7-11(12)14)20(17,18)15(4-5-16)8-2-3-8/h6-8,16H,2-5,14H2,1H3. The molecule has 0 heterocycles. The van der Waals surface area contributed by atoms with Crippen molar-refractivity contribution in [3.05, 3.63) is 17.9 Å². The molecule has 0 aromatic heterocycles. The molecular formula is C12H17FN2O4S. The van der Waals surface area contributed by atoms with Crippen molar-refractivity contribution >= 4 is 15.7 Å². The number of nitrogens with zero attached hydrogens (tertiary/aromatic N) is 1. The van der Waals surface area contributed by atoms with Gasteiger partial charge in [-0.05, 0) is 25.0 Å². The van der Waals surface area contributed by atoms with Gasteiger partial charge in [-0.1, -0.05) is 0 Å². The Labute approximate surface area is 117 Å². The predicted octanol–water partition coefficient (Wildman–Crippen LogP) is 0.562. The molecule has 1 aliphatic rings. The Morgan fingerprint density at radius 3 is 2.60 bits per heavy atom. The molecule has 0 amide bonds. The van der Waals surface area contributed by atoms with Gasteiger partial charge in [-0.2, -0.15) is 4.31 Å². The van der Waals surface area contributed by atoms with Crippen molar-refractivity contribution in [2.24, 2.45) is 0 Å². The third-order valence-corrected chi connectivity index (χ3v) is 5.06. The molecule has 6 nitrogen and oxygen atoms in total. The zero-order chi connectivity index (χ0) is 14.9. The quantitative estimate of drug-likeness (QED) is 0.749. The molecule has 112 valence electrons. The van der Waals surface area contributed by atoms with Crippen LogP contribution in [0.5, 0.6) is 5.75 Å². The van der Waals surface area contributed by atoms with E-state index in [0.717, 1.165) is 18.9 Å². The number of sulfonamides is 1. The first-order valence-corrected chi connectivity index (χ1v) is 7.61. The Morgan fingerprint density at radius 1 is 1.50 bits per heavy atom. The summed E-state index contributed by atoms with van der Waals surface area (Å²) >= 11 is 0. The van der Waals surface area contributed by atoms with Gasteiger partial charge >= 0.3 is 0 Å². The Bertz CT molecular complexity index is 578. The molecule has 1 fully saturated rings. The van der Waals surface area contributed by atoms with Gasteiger partial charge in [-0.25, -0.2) is 12.8 Å². The SMILES string of the molecule is COc1c(N)cc(S(=O)(=O)N(CCO)C2CC2)cc1F. The van der Waals surface area contributed by atoms with E-state index in [1.165, 1.54) is 17.5 Å². The number of anilines is 1. The third-order valence-electron chi connectivity index (χ3n) is 3.13. The minimum absolute atomic E-state index is 0.0133. The van der Waals surface area contributed by atoms with Crippen LogP contribution in [0.15, 0.2) is 17.0 Å². The summed E-state index contributed by atoms with van der Waals surface area (Å²) in [5, 5.41) is 8.99. The molecule has 20 heavy (non-hydrogen) atoms. The summed E-state index contributed by atoms with van der Waals surface area (Å²) in [6.07, 6.45) is 1.49. The maximum atomic E-state index is 13.8. The summed E-state index contributed by atoms with van der Waals surface area (Å²) in [6, 6.07) is 1.93. The van der Waals surface area contributed by atoms with E-state index in [0.29, 0.717) is 0 Å². The lowest BCUT2D eigenvalue weighted by atomic mass is 10.3. The van der Waals surface area contributed by atoms with E-state index in [9.17, 15) is 12.8 Å². The number of hydrogen-bond acceptors (Lipinski definition) is 5. The minimum atomic E-state index is -3.87. The van der Waals surface area contributed by atoms with Gasteiger partial charge in [0, 0.05) is 12.6 Å². The summed E-state index contributed by atoms with van der Waals surface area (Å²) in [5.41, 5.74) is 5.52. The second-order valence-corrected chi connectivity index (χ2v) is 6.49. The maximum Gasteiger partial charge on any atom is 0.243 e. The van der Waals surface area contributed by atoms with Gasteiger partial charge in [0.05, 0.1) is 24.3 Å². The fourth-order valence-electron chi connectivity index (χ4n) is 2.05. The highest BCUT2D eigenvalue weighted by molar-refractivity contribution is 7.89. The number of benzene rings is 1. The summed E-state index contributed by atoms with van der Waals surface area (Å²) < 4.78 is 44.6. The maximum absolute atomic E-state index is 13.8. The molecule has 3 N–H and O–H groups in total. The molecule has 8 heteroatoms. The molecule has 0 saturated heterocycles. The Morgan fingerprint density at radius 2 is 2.15 bits per heavy atom. The first-order chi connectivity index (χ1) is 9.41. The summed E-state index contributed by atoms with van der Waals surface area (Å²) in [4.78, 5) is -0.228. The highest BCUT2D eigenvalue weighted by Crippen LogP contribution is 2.34. The van der Waals surface area contributed by atoms with Crippen LogP contribution in [0.4, 0.5) is 10.1 Å². The van der Waals surface area contributed by atoms with Crippen LogP contribution in [0.1, 0.15) is 12.8 Å². The minimum Gasteiger partial charge on any atom is -0.492 e. The van der Waals surface area contributed by atoms with Crippen molar-refractivity contribution in [1.29, 1.82) is 0 Å². The first kappa shape index (κ1) is 15.0. The van der Waals surface area contributed by atoms with Crippen molar-refractivity contribution in [1.82, 2.24) is 4.31 Å². The number of aliphatic hydroxyl groups excluding tert-OH is 1. The van der Waals surface area contributed by atoms with Gasteiger partial charge in [-0.3, -0.25) is 0 Å². The zero-order valence-electron chi connectivity index (χ0n) is 11.0. The molecule has 1 aromatic rings.